The molecule has 43 heavy (non-hydrogen) atoms. The third kappa shape index (κ3) is 4.42. The number of nitrogens with one attached hydrogen (secondary N) is 1. The Hall–Kier alpha value is -5.69. The fraction of sp³-hybridized carbons (Fsp3) is 0.182. The standard InChI is InChI=1S/C33H28N8O2/c1-20(37-32(42)28-30(34)38-40-17-7-16-35-31(28)40)29-25-11-6-8-22-14-15-23(13-12-21-18-36-39(2)19-21)27(26(22)25)33(43)41(29)24-9-4-3-5-10-24/h3-5,7,9-10,14-20H,6,8,11H2,1-2H3,(H2,34,38)(H,37,42)/t20-/m0/s1/i2D3. The summed E-state index contributed by atoms with van der Waals surface area (Å²) in [4.78, 5) is 32.7. The monoisotopic (exact) mass is 571 g/mol. The highest BCUT2D eigenvalue weighted by molar-refractivity contribution is 6.04. The van der Waals surface area contributed by atoms with Crippen LogP contribution in [-0.4, -0.2) is 34.9 Å². The van der Waals surface area contributed by atoms with Crippen molar-refractivity contribution >= 4 is 28.1 Å². The number of carbonyl (C=O) groups excluding carboxylic acids is 1. The highest BCUT2D eigenvalue weighted by Gasteiger charge is 2.29. The lowest BCUT2D eigenvalue weighted by Crippen LogP contribution is -2.34. The Kier molecular flexibility index (Phi) is 5.49. The number of para-hydroxylation sites is 1. The normalized spacial score (nSPS) is 14.4. The van der Waals surface area contributed by atoms with Crippen LogP contribution in [-0.2, 0) is 19.8 Å². The average molecular weight is 572 g/mol. The maximum Gasteiger partial charge on any atom is 0.264 e. The number of hydrogen-bond donors (Lipinski definition) is 2. The molecule has 4 aromatic heterocycles. The van der Waals surface area contributed by atoms with E-state index in [1.807, 2.05) is 49.4 Å². The molecule has 0 bridgehead atoms. The van der Waals surface area contributed by atoms with Crippen LogP contribution in [0, 0.1) is 11.8 Å². The first-order valence-electron chi connectivity index (χ1n) is 15.4. The van der Waals surface area contributed by atoms with Gasteiger partial charge in [0.2, 0.25) is 0 Å². The number of nitrogens with zero attached hydrogens (tertiary/aromatic N) is 6. The quantitative estimate of drug-likeness (QED) is 0.311. The number of nitrogens with two attached hydrogens (primary N) is 1. The molecule has 0 aliphatic heterocycles. The molecule has 4 heterocycles. The molecule has 3 N–H and O–H groups in total. The molecule has 10 heteroatoms. The molecule has 1 aliphatic carbocycles. The van der Waals surface area contributed by atoms with Crippen molar-refractivity contribution in [3.63, 3.8) is 0 Å². The van der Waals surface area contributed by atoms with E-state index in [1.165, 1.54) is 16.9 Å². The van der Waals surface area contributed by atoms with Crippen LogP contribution in [0.5, 0.6) is 0 Å². The predicted molar refractivity (Wildman–Crippen MR) is 164 cm³/mol. The number of aryl methyl sites for hydroxylation is 3. The maximum atomic E-state index is 14.7. The van der Waals surface area contributed by atoms with Gasteiger partial charge in [-0.2, -0.15) is 5.10 Å². The third-order valence-electron chi connectivity index (χ3n) is 7.78. The van der Waals surface area contributed by atoms with E-state index in [1.54, 1.807) is 23.0 Å². The second kappa shape index (κ2) is 10.3. The van der Waals surface area contributed by atoms with E-state index >= 15 is 0 Å². The van der Waals surface area contributed by atoms with E-state index < -0.39 is 18.9 Å². The second-order valence-electron chi connectivity index (χ2n) is 10.5. The number of pyridine rings is 1. The summed E-state index contributed by atoms with van der Waals surface area (Å²) in [6.07, 6.45) is 8.34. The fourth-order valence-electron chi connectivity index (χ4n) is 5.99. The molecule has 1 amide bonds. The molecule has 0 saturated carbocycles. The van der Waals surface area contributed by atoms with Crippen LogP contribution in [0.25, 0.3) is 22.1 Å². The van der Waals surface area contributed by atoms with Gasteiger partial charge in [-0.1, -0.05) is 36.1 Å². The van der Waals surface area contributed by atoms with Crippen molar-refractivity contribution < 1.29 is 8.91 Å². The minimum Gasteiger partial charge on any atom is -0.381 e. The van der Waals surface area contributed by atoms with Crippen molar-refractivity contribution in [3.8, 4) is 17.5 Å². The minimum absolute atomic E-state index is 0.0543. The van der Waals surface area contributed by atoms with Crippen LogP contribution >= 0.6 is 0 Å². The number of anilines is 1. The van der Waals surface area contributed by atoms with E-state index in [0.29, 0.717) is 40.0 Å². The predicted octanol–water partition coefficient (Wildman–Crippen LogP) is 3.73. The lowest BCUT2D eigenvalue weighted by atomic mass is 9.85. The van der Waals surface area contributed by atoms with Crippen molar-refractivity contribution in [2.45, 2.75) is 32.2 Å². The van der Waals surface area contributed by atoms with Gasteiger partial charge in [0.25, 0.3) is 11.5 Å². The van der Waals surface area contributed by atoms with Gasteiger partial charge < -0.3 is 11.1 Å². The Balaban J connectivity index is 1.41. The summed E-state index contributed by atoms with van der Waals surface area (Å²) in [6.45, 7) is -0.566. The molecule has 6 aromatic rings. The first kappa shape index (κ1) is 22.9. The van der Waals surface area contributed by atoms with Crippen molar-refractivity contribution in [2.24, 2.45) is 6.98 Å². The van der Waals surface area contributed by atoms with Gasteiger partial charge in [-0.15, -0.1) is 5.10 Å². The molecule has 0 radical (unpaired) electrons. The van der Waals surface area contributed by atoms with E-state index in [0.717, 1.165) is 34.0 Å². The summed E-state index contributed by atoms with van der Waals surface area (Å²) in [6, 6.07) is 14.2. The Morgan fingerprint density at radius 3 is 2.79 bits per heavy atom. The van der Waals surface area contributed by atoms with Crippen LogP contribution in [0.2, 0.25) is 0 Å². The molecular formula is C33H28N8O2. The molecule has 7 rings (SSSR count). The SMILES string of the molecule is [2H]C([2H])([2H])n1cc(C#Cc2ccc3c4c(c([C@H](C)NC(=O)c5c(N)nn6cccnc56)n(-c5ccccc5)c(=O)c24)CCC3)cn1. The number of carbonyl (C=O) groups is 1. The molecule has 0 unspecified atom stereocenters. The lowest BCUT2D eigenvalue weighted by molar-refractivity contribution is 0.0941. The Morgan fingerprint density at radius 2 is 1.98 bits per heavy atom. The topological polar surface area (TPSA) is 125 Å². The van der Waals surface area contributed by atoms with Gasteiger partial charge in [0.1, 0.15) is 5.56 Å². The van der Waals surface area contributed by atoms with Gasteiger partial charge in [0, 0.05) is 40.9 Å². The van der Waals surface area contributed by atoms with Crippen LogP contribution in [0.1, 0.15) is 61.8 Å². The first-order valence-corrected chi connectivity index (χ1v) is 13.9. The van der Waals surface area contributed by atoms with Gasteiger partial charge in [-0.05, 0) is 67.0 Å². The zero-order valence-corrected chi connectivity index (χ0v) is 23.2. The van der Waals surface area contributed by atoms with Gasteiger partial charge in [0.05, 0.1) is 28.9 Å². The van der Waals surface area contributed by atoms with Crippen LogP contribution in [0.4, 0.5) is 5.82 Å². The van der Waals surface area contributed by atoms with Gasteiger partial charge >= 0.3 is 0 Å². The summed E-state index contributed by atoms with van der Waals surface area (Å²) in [5.41, 5.74) is 10.6. The first-order chi connectivity index (χ1) is 22.1. The number of fused-ring (bicyclic) bond motifs is 1. The van der Waals surface area contributed by atoms with Gasteiger partial charge in [-0.25, -0.2) is 9.50 Å². The number of nitrogen functional groups attached to an aromatic ring is 1. The molecule has 2 aromatic carbocycles. The maximum absolute atomic E-state index is 14.7. The van der Waals surface area contributed by atoms with Gasteiger partial charge in [0.15, 0.2) is 11.5 Å². The number of benzene rings is 2. The smallest absolute Gasteiger partial charge is 0.264 e. The van der Waals surface area contributed by atoms with E-state index in [4.69, 9.17) is 9.85 Å². The average Bonchev–Trinajstić information content (AvgIpc) is 3.66. The molecule has 1 atom stereocenters. The zero-order chi connectivity index (χ0) is 32.2. The van der Waals surface area contributed by atoms with E-state index in [2.05, 4.69) is 32.3 Å². The third-order valence-corrected chi connectivity index (χ3v) is 7.78. The van der Waals surface area contributed by atoms with Crippen LogP contribution in [0.15, 0.2) is 78.1 Å². The molecule has 212 valence electrons. The van der Waals surface area contributed by atoms with Crippen LogP contribution < -0.4 is 16.6 Å². The van der Waals surface area contributed by atoms with Crippen molar-refractivity contribution in [2.75, 3.05) is 5.73 Å². The second-order valence-corrected chi connectivity index (χ2v) is 10.5. The number of rotatable bonds is 4. The summed E-state index contributed by atoms with van der Waals surface area (Å²) in [5.74, 6) is 5.71. The zero-order valence-electron chi connectivity index (χ0n) is 26.2. The number of hydrogen-bond acceptors (Lipinski definition) is 6. The molecule has 1 aliphatic rings. The van der Waals surface area contributed by atoms with E-state index in [-0.39, 0.29) is 16.9 Å². The largest absolute Gasteiger partial charge is 0.381 e. The summed E-state index contributed by atoms with van der Waals surface area (Å²) in [7, 11) is 0. The van der Waals surface area contributed by atoms with Gasteiger partial charge in [-0.3, -0.25) is 18.8 Å². The van der Waals surface area contributed by atoms with Crippen molar-refractivity contribution in [1.82, 2.24) is 34.3 Å². The lowest BCUT2D eigenvalue weighted by Gasteiger charge is -2.28. The molecule has 0 fully saturated rings. The Morgan fingerprint density at radius 1 is 1.12 bits per heavy atom. The molecule has 0 spiro atoms. The highest BCUT2D eigenvalue weighted by atomic mass is 16.2. The summed E-state index contributed by atoms with van der Waals surface area (Å²) < 4.78 is 26.8. The molecule has 0 saturated heterocycles. The van der Waals surface area contributed by atoms with E-state index in [9.17, 15) is 9.59 Å². The number of aromatic nitrogens is 6. The number of amides is 1. The summed E-state index contributed by atoms with van der Waals surface area (Å²) >= 11 is 0. The Bertz CT molecular complexity index is 2290. The summed E-state index contributed by atoms with van der Waals surface area (Å²) in [5, 5.41) is 12.5. The Labute approximate surface area is 251 Å². The molecular weight excluding hydrogens is 540 g/mol. The van der Waals surface area contributed by atoms with Crippen LogP contribution in [0.3, 0.4) is 0 Å². The molecule has 10 nitrogen and oxygen atoms in total. The van der Waals surface area contributed by atoms with Crippen molar-refractivity contribution in [3.05, 3.63) is 117 Å². The minimum atomic E-state index is -2.42. The fourth-order valence-corrected chi connectivity index (χ4v) is 5.99. The van der Waals surface area contributed by atoms with Crippen molar-refractivity contribution in [1.29, 1.82) is 0 Å². The highest BCUT2D eigenvalue weighted by Crippen LogP contribution is 2.35.